The number of rotatable bonds is 6. The van der Waals surface area contributed by atoms with Crippen LogP contribution in [0.15, 0.2) is 58.7 Å². The van der Waals surface area contributed by atoms with Gasteiger partial charge in [-0.2, -0.15) is 18.3 Å². The van der Waals surface area contributed by atoms with Crippen molar-refractivity contribution >= 4 is 40.3 Å². The van der Waals surface area contributed by atoms with Crippen molar-refractivity contribution in [2.75, 3.05) is 0 Å². The van der Waals surface area contributed by atoms with E-state index in [1.807, 2.05) is 0 Å². The molecule has 0 saturated heterocycles. The summed E-state index contributed by atoms with van der Waals surface area (Å²) in [6.07, 6.45) is -0.768. The summed E-state index contributed by atoms with van der Waals surface area (Å²) in [5, 5.41) is 39.6. The lowest BCUT2D eigenvalue weighted by molar-refractivity contribution is -0.556. The Balaban J connectivity index is 1.72. The fourth-order valence-electron chi connectivity index (χ4n) is 3.40. The maximum absolute atomic E-state index is 12.8. The number of hydrazone groups is 1. The van der Waals surface area contributed by atoms with E-state index in [-0.39, 0.29) is 16.6 Å². The van der Waals surface area contributed by atoms with Crippen LogP contribution in [0.1, 0.15) is 25.0 Å². The van der Waals surface area contributed by atoms with Crippen LogP contribution in [-0.4, -0.2) is 37.5 Å². The van der Waals surface area contributed by atoms with Crippen molar-refractivity contribution in [2.45, 2.75) is 25.6 Å². The number of nitro groups is 1. The zero-order chi connectivity index (χ0) is 26.8. The molecule has 2 aromatic rings. The average molecular weight is 541 g/mol. The summed E-state index contributed by atoms with van der Waals surface area (Å²) in [5.41, 5.74) is 1.07. The van der Waals surface area contributed by atoms with Crippen molar-refractivity contribution in [3.63, 3.8) is 0 Å². The largest absolute Gasteiger partial charge is 0.506 e. The van der Waals surface area contributed by atoms with E-state index in [4.69, 9.17) is 12.2 Å². The highest BCUT2D eigenvalue weighted by atomic mass is 32.1. The molecule has 190 valence electrons. The summed E-state index contributed by atoms with van der Waals surface area (Å²) in [4.78, 5) is 22.5. The Morgan fingerprint density at radius 2 is 1.94 bits per heavy atom. The first kappa shape index (κ1) is 26.8. The Hall–Kier alpha value is -3.78. The quantitative estimate of drug-likeness (QED) is 0.182. The fourth-order valence-corrected chi connectivity index (χ4v) is 4.58. The number of thiophene rings is 1. The number of nitrogens with one attached hydrogen (secondary N) is 2. The average Bonchev–Trinajstić information content (AvgIpc) is 3.18. The number of carbonyl (C=O) groups is 1. The molecule has 0 amide bonds. The second-order valence-electron chi connectivity index (χ2n) is 7.92. The van der Waals surface area contributed by atoms with Gasteiger partial charge in [-0.25, -0.2) is 0 Å². The Bertz CT molecular complexity index is 1300. The molecule has 2 unspecified atom stereocenters. The molecule has 1 aliphatic rings. The number of thiocarbonyl (C=S) groups is 1. The van der Waals surface area contributed by atoms with Crippen LogP contribution < -0.4 is 10.7 Å². The Labute approximate surface area is 211 Å². The molecule has 0 saturated carbocycles. The number of hydrogen-bond acceptors (Lipinski definition) is 7. The van der Waals surface area contributed by atoms with E-state index in [2.05, 4.69) is 15.8 Å². The maximum Gasteiger partial charge on any atom is 0.416 e. The third kappa shape index (κ3) is 5.54. The van der Waals surface area contributed by atoms with Gasteiger partial charge in [0.05, 0.1) is 21.7 Å². The maximum atomic E-state index is 12.8. The van der Waals surface area contributed by atoms with Crippen molar-refractivity contribution < 1.29 is 33.1 Å². The Kier molecular flexibility index (Phi) is 7.50. The number of alkyl halides is 3. The van der Waals surface area contributed by atoms with E-state index in [0.717, 1.165) is 29.5 Å². The Morgan fingerprint density at radius 3 is 2.50 bits per heavy atom. The molecular formula is C22H19F3N4O5S2. The molecule has 9 nitrogen and oxygen atoms in total. The number of benzene rings is 1. The summed E-state index contributed by atoms with van der Waals surface area (Å²) in [6.45, 7) is 2.75. The minimum absolute atomic E-state index is 0.0533. The molecule has 36 heavy (non-hydrogen) atoms. The van der Waals surface area contributed by atoms with Crippen LogP contribution >= 0.6 is 23.6 Å². The van der Waals surface area contributed by atoms with Gasteiger partial charge < -0.3 is 15.5 Å². The third-order valence-electron chi connectivity index (χ3n) is 5.42. The van der Waals surface area contributed by atoms with Crippen molar-refractivity contribution in [3.05, 3.63) is 74.8 Å². The van der Waals surface area contributed by atoms with Crippen molar-refractivity contribution in [2.24, 2.45) is 11.0 Å². The van der Waals surface area contributed by atoms with E-state index in [1.54, 1.807) is 12.3 Å². The number of allylic oxidation sites excluding steroid dienone is 1. The Morgan fingerprint density at radius 1 is 1.31 bits per heavy atom. The summed E-state index contributed by atoms with van der Waals surface area (Å²) >= 11 is 6.26. The van der Waals surface area contributed by atoms with Crippen LogP contribution in [0.3, 0.4) is 0 Å². The van der Waals surface area contributed by atoms with E-state index >= 15 is 0 Å². The molecule has 3 rings (SSSR count). The topological polar surface area (TPSA) is 137 Å². The monoisotopic (exact) mass is 540 g/mol. The zero-order valence-corrected chi connectivity index (χ0v) is 20.3. The van der Waals surface area contributed by atoms with Gasteiger partial charge in [-0.15, -0.1) is 11.3 Å². The van der Waals surface area contributed by atoms with E-state index in [0.29, 0.717) is 21.7 Å². The lowest BCUT2D eigenvalue weighted by atomic mass is 9.82. The predicted molar refractivity (Wildman–Crippen MR) is 131 cm³/mol. The van der Waals surface area contributed by atoms with Crippen LogP contribution in [0.25, 0.3) is 10.4 Å². The fraction of sp³-hybridized carbons (Fsp3) is 0.227. The molecule has 1 aromatic heterocycles. The summed E-state index contributed by atoms with van der Waals surface area (Å²) in [6, 6.07) is 4.39. The minimum atomic E-state index is -4.47. The van der Waals surface area contributed by atoms with Crippen LogP contribution in [0.2, 0.25) is 0 Å². The number of halogens is 3. The highest BCUT2D eigenvalue weighted by Crippen LogP contribution is 2.40. The lowest BCUT2D eigenvalue weighted by Gasteiger charge is -2.26. The second-order valence-corrected chi connectivity index (χ2v) is 9.21. The van der Waals surface area contributed by atoms with E-state index < -0.39 is 34.1 Å². The minimum Gasteiger partial charge on any atom is -0.506 e. The van der Waals surface area contributed by atoms with Gasteiger partial charge >= 0.3 is 12.1 Å². The zero-order valence-electron chi connectivity index (χ0n) is 18.7. The summed E-state index contributed by atoms with van der Waals surface area (Å²) < 4.78 is 38.4. The van der Waals surface area contributed by atoms with Gasteiger partial charge in [0.15, 0.2) is 5.11 Å². The summed E-state index contributed by atoms with van der Waals surface area (Å²) in [7, 11) is 0. The molecule has 0 spiro atoms. The van der Waals surface area contributed by atoms with Gasteiger partial charge in [0.25, 0.3) is 5.54 Å². The number of nitrogens with zero attached hydrogens (tertiary/aromatic N) is 2. The SMILES string of the molecule is CC(=NNC(=S)NC1=CC(C)([N+](=O)[O-])C(C(=O)O)C=C1)c1csc(-c2ccc(C(F)(F)F)cc2)c1O. The molecule has 0 fully saturated rings. The molecule has 0 bridgehead atoms. The summed E-state index contributed by atoms with van der Waals surface area (Å²) in [5.74, 6) is -2.87. The second kappa shape index (κ2) is 10.1. The molecule has 0 aliphatic heterocycles. The van der Waals surface area contributed by atoms with Crippen molar-refractivity contribution in [1.82, 2.24) is 10.7 Å². The van der Waals surface area contributed by atoms with E-state index in [9.17, 15) is 38.3 Å². The van der Waals surface area contributed by atoms with Gasteiger partial charge in [0.2, 0.25) is 0 Å². The van der Waals surface area contributed by atoms with Crippen LogP contribution in [-0.2, 0) is 11.0 Å². The molecule has 0 radical (unpaired) electrons. The predicted octanol–water partition coefficient (Wildman–Crippen LogP) is 4.52. The molecule has 1 aliphatic carbocycles. The standard InChI is InChI=1S/C22H19F3N4O5S2/c1-11(15-10-36-18(17(15)30)12-3-5-13(6-4-12)22(23,24)25)27-28-20(35)26-14-7-8-16(19(31)32)21(2,9-14)29(33)34/h3-10,16,30H,1-2H3,(H,31,32)(H2,26,28,35). The molecule has 2 atom stereocenters. The van der Waals surface area contributed by atoms with Crippen LogP contribution in [0.4, 0.5) is 13.2 Å². The first-order valence-electron chi connectivity index (χ1n) is 10.1. The van der Waals surface area contributed by atoms with Gasteiger partial charge in [0.1, 0.15) is 11.7 Å². The highest BCUT2D eigenvalue weighted by molar-refractivity contribution is 7.80. The van der Waals surface area contributed by atoms with Gasteiger partial charge in [-0.05, 0) is 42.9 Å². The molecule has 14 heteroatoms. The van der Waals surface area contributed by atoms with Gasteiger partial charge in [0, 0.05) is 29.0 Å². The number of carboxylic acid groups (broad SMARTS) is 1. The normalized spacial score (nSPS) is 20.0. The third-order valence-corrected chi connectivity index (χ3v) is 6.63. The van der Waals surface area contributed by atoms with Gasteiger partial charge in [-0.3, -0.25) is 20.3 Å². The molecular weight excluding hydrogens is 521 g/mol. The number of aromatic hydroxyl groups is 1. The molecule has 1 aromatic carbocycles. The molecule has 4 N–H and O–H groups in total. The highest BCUT2D eigenvalue weighted by Gasteiger charge is 2.49. The smallest absolute Gasteiger partial charge is 0.416 e. The number of carboxylic acids is 1. The lowest BCUT2D eigenvalue weighted by Crippen LogP contribution is -2.47. The van der Waals surface area contributed by atoms with Crippen molar-refractivity contribution in [3.8, 4) is 16.2 Å². The van der Waals surface area contributed by atoms with E-state index in [1.165, 1.54) is 31.2 Å². The molecule has 1 heterocycles. The first-order valence-corrected chi connectivity index (χ1v) is 11.4. The van der Waals surface area contributed by atoms with Crippen LogP contribution in [0, 0.1) is 16.0 Å². The van der Waals surface area contributed by atoms with Crippen LogP contribution in [0.5, 0.6) is 5.75 Å². The van der Waals surface area contributed by atoms with Gasteiger partial charge in [-0.1, -0.05) is 18.2 Å². The first-order chi connectivity index (χ1) is 16.7. The number of hydrogen-bond donors (Lipinski definition) is 4. The van der Waals surface area contributed by atoms with Crippen molar-refractivity contribution in [1.29, 1.82) is 0 Å². The number of aliphatic carboxylic acids is 1.